The van der Waals surface area contributed by atoms with Crippen LogP contribution >= 0.6 is 11.8 Å². The first-order valence-electron chi connectivity index (χ1n) is 5.04. The molecule has 0 aromatic heterocycles. The number of amides is 2. The number of esters is 1. The second kappa shape index (κ2) is 4.40. The van der Waals surface area contributed by atoms with E-state index in [0.29, 0.717) is 17.9 Å². The molecule has 1 fully saturated rings. The van der Waals surface area contributed by atoms with Crippen LogP contribution in [0.4, 0.5) is 0 Å². The molecule has 1 saturated heterocycles. The Kier molecular flexibility index (Phi) is 3.10. The van der Waals surface area contributed by atoms with Crippen LogP contribution in [0.25, 0.3) is 0 Å². The van der Waals surface area contributed by atoms with Gasteiger partial charge in [0.15, 0.2) is 0 Å². The highest BCUT2D eigenvalue weighted by molar-refractivity contribution is 8.00. The van der Waals surface area contributed by atoms with Crippen LogP contribution in [0.1, 0.15) is 6.92 Å². The monoisotopic (exact) mass is 256 g/mol. The van der Waals surface area contributed by atoms with Crippen molar-refractivity contribution in [2.45, 2.75) is 18.3 Å². The van der Waals surface area contributed by atoms with Crippen molar-refractivity contribution in [3.63, 3.8) is 0 Å². The molecule has 1 N–H and O–H groups in total. The van der Waals surface area contributed by atoms with Gasteiger partial charge in [-0.15, -0.1) is 11.8 Å². The molecule has 2 amide bonds. The number of β-lactam (4-membered cyclic amide) rings is 1. The fourth-order valence-corrected chi connectivity index (χ4v) is 3.26. The highest BCUT2D eigenvalue weighted by Gasteiger charge is 2.53. The SMILES string of the molecule is COC(=O)C1=C(C)CS[C@@H]2[C@H](NC=O)C(=O)N12. The molecular weight excluding hydrogens is 244 g/mol. The maximum Gasteiger partial charge on any atom is 0.354 e. The molecule has 2 aliphatic rings. The molecule has 2 heterocycles. The summed E-state index contributed by atoms with van der Waals surface area (Å²) in [5.41, 5.74) is 1.13. The number of hydrogen-bond donors (Lipinski definition) is 1. The summed E-state index contributed by atoms with van der Waals surface area (Å²) in [5.74, 6) is -0.129. The highest BCUT2D eigenvalue weighted by atomic mass is 32.2. The minimum Gasteiger partial charge on any atom is -0.464 e. The van der Waals surface area contributed by atoms with Crippen LogP contribution in [0.2, 0.25) is 0 Å². The minimum atomic E-state index is -0.537. The average Bonchev–Trinajstić information content (AvgIpc) is 2.34. The van der Waals surface area contributed by atoms with Crippen molar-refractivity contribution in [3.8, 4) is 0 Å². The molecule has 0 aliphatic carbocycles. The predicted octanol–water partition coefficient (Wildman–Crippen LogP) is -0.537. The van der Waals surface area contributed by atoms with Crippen LogP contribution in [-0.4, -0.2) is 47.5 Å². The zero-order valence-corrected chi connectivity index (χ0v) is 10.2. The molecule has 0 unspecified atom stereocenters. The molecule has 0 radical (unpaired) electrons. The van der Waals surface area contributed by atoms with E-state index in [4.69, 9.17) is 0 Å². The number of methoxy groups -OCH3 is 1. The number of hydrogen-bond acceptors (Lipinski definition) is 5. The Balaban J connectivity index is 2.26. The van der Waals surface area contributed by atoms with Gasteiger partial charge >= 0.3 is 5.97 Å². The Morgan fingerprint density at radius 3 is 2.94 bits per heavy atom. The van der Waals surface area contributed by atoms with E-state index in [9.17, 15) is 14.4 Å². The van der Waals surface area contributed by atoms with Gasteiger partial charge in [-0.3, -0.25) is 14.5 Å². The van der Waals surface area contributed by atoms with Gasteiger partial charge < -0.3 is 10.1 Å². The Bertz CT molecular complexity index is 421. The van der Waals surface area contributed by atoms with Crippen molar-refractivity contribution in [2.75, 3.05) is 12.9 Å². The largest absolute Gasteiger partial charge is 0.464 e. The third-order valence-corrected chi connectivity index (χ3v) is 4.21. The minimum absolute atomic E-state index is 0.203. The van der Waals surface area contributed by atoms with Crippen molar-refractivity contribution in [1.29, 1.82) is 0 Å². The zero-order chi connectivity index (χ0) is 12.6. The average molecular weight is 256 g/mol. The number of thioether (sulfide) groups is 1. The maximum absolute atomic E-state index is 11.8. The van der Waals surface area contributed by atoms with E-state index in [0.717, 1.165) is 5.57 Å². The summed E-state index contributed by atoms with van der Waals surface area (Å²) in [4.78, 5) is 35.2. The molecule has 2 aliphatic heterocycles. The first-order chi connectivity index (χ1) is 8.11. The van der Waals surface area contributed by atoms with Crippen LogP contribution in [-0.2, 0) is 19.1 Å². The van der Waals surface area contributed by atoms with Gasteiger partial charge in [0.25, 0.3) is 5.91 Å². The molecule has 92 valence electrons. The van der Waals surface area contributed by atoms with E-state index in [1.807, 2.05) is 0 Å². The quantitative estimate of drug-likeness (QED) is 0.417. The van der Waals surface area contributed by atoms with Crippen molar-refractivity contribution in [3.05, 3.63) is 11.3 Å². The van der Waals surface area contributed by atoms with Gasteiger partial charge in [0.05, 0.1) is 7.11 Å². The lowest BCUT2D eigenvalue weighted by Gasteiger charge is -2.49. The summed E-state index contributed by atoms with van der Waals surface area (Å²) in [7, 11) is 1.28. The molecule has 0 bridgehead atoms. The molecule has 6 nitrogen and oxygen atoms in total. The Labute approximate surface area is 102 Å². The maximum atomic E-state index is 11.8. The fraction of sp³-hybridized carbons (Fsp3) is 0.500. The topological polar surface area (TPSA) is 75.7 Å². The second-order valence-corrected chi connectivity index (χ2v) is 4.90. The first-order valence-corrected chi connectivity index (χ1v) is 6.09. The fourth-order valence-electron chi connectivity index (χ4n) is 1.95. The van der Waals surface area contributed by atoms with Crippen LogP contribution < -0.4 is 5.32 Å². The molecule has 17 heavy (non-hydrogen) atoms. The van der Waals surface area contributed by atoms with Crippen LogP contribution in [0.5, 0.6) is 0 Å². The second-order valence-electron chi connectivity index (χ2n) is 3.79. The van der Waals surface area contributed by atoms with Crippen LogP contribution in [0.15, 0.2) is 11.3 Å². The summed E-state index contributed by atoms with van der Waals surface area (Å²) in [5, 5.41) is 2.25. The van der Waals surface area contributed by atoms with Crippen LogP contribution in [0, 0.1) is 0 Å². The molecular formula is C10H12N2O4S. The van der Waals surface area contributed by atoms with Crippen molar-refractivity contribution in [1.82, 2.24) is 10.2 Å². The van der Waals surface area contributed by atoms with Gasteiger partial charge in [0.2, 0.25) is 6.41 Å². The summed E-state index contributed by atoms with van der Waals surface area (Å²) in [6, 6.07) is -0.537. The van der Waals surface area contributed by atoms with Gasteiger partial charge in [-0.25, -0.2) is 4.79 Å². The number of carbonyl (C=O) groups is 3. The Hall–Kier alpha value is -1.50. The number of nitrogens with one attached hydrogen (secondary N) is 1. The number of carbonyl (C=O) groups excluding carboxylic acids is 3. The number of ether oxygens (including phenoxy) is 1. The standard InChI is InChI=1S/C10H12N2O4S/c1-5-3-17-9-6(11-4-13)8(14)12(9)7(5)10(15)16-2/h4,6,9H,3H2,1-2H3,(H,11,13)/t6-,9-/m1/s1. The molecule has 7 heteroatoms. The molecule has 0 saturated carbocycles. The number of fused-ring (bicyclic) bond motifs is 1. The number of nitrogens with zero attached hydrogens (tertiary/aromatic N) is 1. The Morgan fingerprint density at radius 1 is 1.65 bits per heavy atom. The molecule has 0 spiro atoms. The smallest absolute Gasteiger partial charge is 0.354 e. The van der Waals surface area contributed by atoms with Gasteiger partial charge in [-0.1, -0.05) is 0 Å². The van der Waals surface area contributed by atoms with Gasteiger partial charge in [0, 0.05) is 5.75 Å². The molecule has 0 aromatic rings. The summed E-state index contributed by atoms with van der Waals surface area (Å²) >= 11 is 1.52. The first kappa shape index (κ1) is 12.0. The van der Waals surface area contributed by atoms with E-state index < -0.39 is 12.0 Å². The normalized spacial score (nSPS) is 27.2. The lowest BCUT2D eigenvalue weighted by atomic mass is 10.0. The van der Waals surface area contributed by atoms with Gasteiger partial charge in [0.1, 0.15) is 17.1 Å². The van der Waals surface area contributed by atoms with E-state index >= 15 is 0 Å². The van der Waals surface area contributed by atoms with Crippen molar-refractivity contribution in [2.24, 2.45) is 0 Å². The molecule has 2 atom stereocenters. The third kappa shape index (κ3) is 1.70. The summed E-state index contributed by atoms with van der Waals surface area (Å²) < 4.78 is 4.67. The van der Waals surface area contributed by atoms with Gasteiger partial charge in [-0.2, -0.15) is 0 Å². The van der Waals surface area contributed by atoms with Crippen LogP contribution in [0.3, 0.4) is 0 Å². The molecule has 2 rings (SSSR count). The lowest BCUT2D eigenvalue weighted by molar-refractivity contribution is -0.151. The zero-order valence-electron chi connectivity index (χ0n) is 9.43. The van der Waals surface area contributed by atoms with E-state index in [2.05, 4.69) is 10.1 Å². The van der Waals surface area contributed by atoms with Crippen molar-refractivity contribution >= 4 is 30.0 Å². The third-order valence-electron chi connectivity index (χ3n) is 2.79. The number of rotatable bonds is 3. The Morgan fingerprint density at radius 2 is 2.35 bits per heavy atom. The van der Waals surface area contributed by atoms with E-state index in [1.165, 1.54) is 23.8 Å². The van der Waals surface area contributed by atoms with Crippen molar-refractivity contribution < 1.29 is 19.1 Å². The van der Waals surface area contributed by atoms with E-state index in [1.54, 1.807) is 6.92 Å². The summed E-state index contributed by atoms with van der Waals surface area (Å²) in [6.45, 7) is 1.79. The lowest BCUT2D eigenvalue weighted by Crippen LogP contribution is -2.69. The predicted molar refractivity (Wildman–Crippen MR) is 60.8 cm³/mol. The highest BCUT2D eigenvalue weighted by Crippen LogP contribution is 2.40. The summed E-state index contributed by atoms with van der Waals surface area (Å²) in [6.07, 6.45) is 0.503. The van der Waals surface area contributed by atoms with E-state index in [-0.39, 0.29) is 11.3 Å². The molecule has 0 aromatic carbocycles. The van der Waals surface area contributed by atoms with Gasteiger partial charge in [-0.05, 0) is 12.5 Å².